The van der Waals surface area contributed by atoms with Crippen LogP contribution in [0.5, 0.6) is 0 Å². The molecule has 1 saturated heterocycles. The maximum atomic E-state index is 12.1. The van der Waals surface area contributed by atoms with Crippen LogP contribution in [0.2, 0.25) is 0 Å². The minimum absolute atomic E-state index is 0.316. The van der Waals surface area contributed by atoms with Crippen LogP contribution in [0.15, 0.2) is 18.2 Å². The predicted octanol–water partition coefficient (Wildman–Crippen LogP) is 3.76. The summed E-state index contributed by atoms with van der Waals surface area (Å²) in [7, 11) is 0. The first-order chi connectivity index (χ1) is 9.15. The first kappa shape index (κ1) is 14.3. The Hall–Kier alpha value is -1.15. The third-order valence-electron chi connectivity index (χ3n) is 3.91. The molecule has 19 heavy (non-hydrogen) atoms. The first-order valence-electron chi connectivity index (χ1n) is 7.34. The van der Waals surface area contributed by atoms with E-state index >= 15 is 0 Å². The molecule has 1 heterocycles. The largest absolute Gasteiger partial charge is 0.378 e. The van der Waals surface area contributed by atoms with Gasteiger partial charge in [-0.15, -0.1) is 0 Å². The Balaban J connectivity index is 1.81. The number of hydrogen-bond acceptors (Lipinski definition) is 2. The number of rotatable bonds is 5. The second-order valence-electron chi connectivity index (χ2n) is 5.67. The summed E-state index contributed by atoms with van der Waals surface area (Å²) >= 11 is 0. The molecule has 0 saturated carbocycles. The van der Waals surface area contributed by atoms with Crippen molar-refractivity contribution in [2.45, 2.75) is 58.5 Å². The van der Waals surface area contributed by atoms with Gasteiger partial charge in [0, 0.05) is 19.4 Å². The Kier molecular flexibility index (Phi) is 5.15. The number of ketones is 1. The second-order valence-corrected chi connectivity index (χ2v) is 5.67. The van der Waals surface area contributed by atoms with Crippen LogP contribution in [0.1, 0.15) is 48.8 Å². The van der Waals surface area contributed by atoms with E-state index in [9.17, 15) is 4.79 Å². The zero-order valence-electron chi connectivity index (χ0n) is 12.1. The van der Waals surface area contributed by atoms with Crippen LogP contribution in [0.3, 0.4) is 0 Å². The lowest BCUT2D eigenvalue weighted by Crippen LogP contribution is -2.20. The number of carbonyl (C=O) groups excluding carboxylic acids is 1. The Morgan fingerprint density at radius 1 is 1.32 bits per heavy atom. The summed E-state index contributed by atoms with van der Waals surface area (Å²) in [4.78, 5) is 12.1. The van der Waals surface area contributed by atoms with E-state index in [4.69, 9.17) is 4.74 Å². The highest BCUT2D eigenvalue weighted by Gasteiger charge is 2.15. The van der Waals surface area contributed by atoms with Gasteiger partial charge in [0.25, 0.3) is 0 Å². The summed E-state index contributed by atoms with van der Waals surface area (Å²) in [5, 5.41) is 0. The summed E-state index contributed by atoms with van der Waals surface area (Å²) in [6, 6.07) is 6.33. The fraction of sp³-hybridized carbons (Fsp3) is 0.588. The fourth-order valence-corrected chi connectivity index (χ4v) is 2.65. The number of hydrogen-bond donors (Lipinski definition) is 0. The lowest BCUT2D eigenvalue weighted by molar-refractivity contribution is -0.119. The summed E-state index contributed by atoms with van der Waals surface area (Å²) in [6.45, 7) is 5.02. The molecule has 0 bridgehead atoms. The Morgan fingerprint density at radius 2 is 2.16 bits per heavy atom. The van der Waals surface area contributed by atoms with Gasteiger partial charge in [0.15, 0.2) is 0 Å². The molecule has 1 aliphatic heterocycles. The SMILES string of the molecule is Cc1ccc(C)c(CC(=O)CCC2CCCCO2)c1. The maximum absolute atomic E-state index is 12.1. The minimum atomic E-state index is 0.316. The molecular formula is C17H24O2. The van der Waals surface area contributed by atoms with E-state index in [2.05, 4.69) is 32.0 Å². The van der Waals surface area contributed by atoms with Crippen LogP contribution in [-0.2, 0) is 16.0 Å². The van der Waals surface area contributed by atoms with Gasteiger partial charge in [0.1, 0.15) is 5.78 Å². The molecule has 0 radical (unpaired) electrons. The number of Topliss-reactive ketones (excluding diaryl/α,β-unsaturated/α-hetero) is 1. The molecule has 1 aliphatic rings. The van der Waals surface area contributed by atoms with E-state index < -0.39 is 0 Å². The van der Waals surface area contributed by atoms with Crippen molar-refractivity contribution in [2.75, 3.05) is 6.61 Å². The lowest BCUT2D eigenvalue weighted by atomic mass is 9.97. The Bertz CT molecular complexity index is 431. The topological polar surface area (TPSA) is 26.3 Å². The summed E-state index contributed by atoms with van der Waals surface area (Å²) < 4.78 is 5.67. The zero-order valence-corrected chi connectivity index (χ0v) is 12.1. The van der Waals surface area contributed by atoms with Crippen LogP contribution < -0.4 is 0 Å². The van der Waals surface area contributed by atoms with Crippen molar-refractivity contribution >= 4 is 5.78 Å². The summed E-state index contributed by atoms with van der Waals surface area (Å²) in [6.07, 6.45) is 5.97. The van der Waals surface area contributed by atoms with Gasteiger partial charge in [-0.1, -0.05) is 23.8 Å². The van der Waals surface area contributed by atoms with Crippen molar-refractivity contribution in [1.82, 2.24) is 0 Å². The molecule has 1 atom stereocenters. The first-order valence-corrected chi connectivity index (χ1v) is 7.34. The highest BCUT2D eigenvalue weighted by Crippen LogP contribution is 2.18. The van der Waals surface area contributed by atoms with Crippen molar-refractivity contribution in [3.8, 4) is 0 Å². The molecule has 0 N–H and O–H groups in total. The van der Waals surface area contributed by atoms with Crippen LogP contribution in [0, 0.1) is 13.8 Å². The molecular weight excluding hydrogens is 236 g/mol. The molecule has 1 unspecified atom stereocenters. The van der Waals surface area contributed by atoms with Crippen LogP contribution in [0.4, 0.5) is 0 Å². The smallest absolute Gasteiger partial charge is 0.137 e. The van der Waals surface area contributed by atoms with E-state index in [1.54, 1.807) is 0 Å². The molecule has 2 heteroatoms. The van der Waals surface area contributed by atoms with Crippen LogP contribution in [0.25, 0.3) is 0 Å². The highest BCUT2D eigenvalue weighted by molar-refractivity contribution is 5.81. The number of ether oxygens (including phenoxy) is 1. The van der Waals surface area contributed by atoms with Gasteiger partial charge >= 0.3 is 0 Å². The molecule has 2 nitrogen and oxygen atoms in total. The van der Waals surface area contributed by atoms with Gasteiger partial charge < -0.3 is 4.74 Å². The van der Waals surface area contributed by atoms with Crippen molar-refractivity contribution in [3.63, 3.8) is 0 Å². The maximum Gasteiger partial charge on any atom is 0.137 e. The number of benzene rings is 1. The molecule has 1 aromatic rings. The molecule has 0 aromatic heterocycles. The summed E-state index contributed by atoms with van der Waals surface area (Å²) in [5.74, 6) is 0.336. The summed E-state index contributed by atoms with van der Waals surface area (Å²) in [5.41, 5.74) is 3.62. The molecule has 0 aliphatic carbocycles. The van der Waals surface area contributed by atoms with Gasteiger partial charge in [-0.3, -0.25) is 4.79 Å². The Labute approximate surface area is 116 Å². The Morgan fingerprint density at radius 3 is 2.89 bits per heavy atom. The third-order valence-corrected chi connectivity index (χ3v) is 3.91. The van der Waals surface area contributed by atoms with Crippen molar-refractivity contribution < 1.29 is 9.53 Å². The van der Waals surface area contributed by atoms with Gasteiger partial charge in [0.2, 0.25) is 0 Å². The van der Waals surface area contributed by atoms with E-state index in [1.165, 1.54) is 29.5 Å². The fourth-order valence-electron chi connectivity index (χ4n) is 2.65. The standard InChI is InChI=1S/C17H24O2/c1-13-6-7-14(2)15(11-13)12-16(18)8-9-17-5-3-4-10-19-17/h6-7,11,17H,3-5,8-10,12H2,1-2H3. The molecule has 1 aromatic carbocycles. The monoisotopic (exact) mass is 260 g/mol. The van der Waals surface area contributed by atoms with Gasteiger partial charge in [-0.2, -0.15) is 0 Å². The van der Waals surface area contributed by atoms with Crippen LogP contribution >= 0.6 is 0 Å². The molecule has 0 spiro atoms. The van der Waals surface area contributed by atoms with E-state index in [0.717, 1.165) is 19.4 Å². The normalized spacial score (nSPS) is 19.4. The third kappa shape index (κ3) is 4.46. The van der Waals surface area contributed by atoms with E-state index in [1.807, 2.05) is 0 Å². The van der Waals surface area contributed by atoms with Gasteiger partial charge in [-0.25, -0.2) is 0 Å². The quantitative estimate of drug-likeness (QED) is 0.805. The van der Waals surface area contributed by atoms with E-state index in [-0.39, 0.29) is 0 Å². The highest BCUT2D eigenvalue weighted by atomic mass is 16.5. The predicted molar refractivity (Wildman–Crippen MR) is 77.5 cm³/mol. The second kappa shape index (κ2) is 6.85. The van der Waals surface area contributed by atoms with Gasteiger partial charge in [-0.05, 0) is 50.7 Å². The zero-order chi connectivity index (χ0) is 13.7. The molecule has 0 amide bonds. The minimum Gasteiger partial charge on any atom is -0.378 e. The average Bonchev–Trinajstić information content (AvgIpc) is 2.42. The van der Waals surface area contributed by atoms with E-state index in [0.29, 0.717) is 24.7 Å². The average molecular weight is 260 g/mol. The van der Waals surface area contributed by atoms with Crippen molar-refractivity contribution in [2.24, 2.45) is 0 Å². The van der Waals surface area contributed by atoms with Crippen LogP contribution in [-0.4, -0.2) is 18.5 Å². The van der Waals surface area contributed by atoms with Crippen molar-refractivity contribution in [1.29, 1.82) is 0 Å². The molecule has 104 valence electrons. The molecule has 2 rings (SSSR count). The number of carbonyl (C=O) groups is 1. The lowest BCUT2D eigenvalue weighted by Gasteiger charge is -2.22. The number of aryl methyl sites for hydroxylation is 2. The molecule has 1 fully saturated rings. The van der Waals surface area contributed by atoms with Crippen molar-refractivity contribution in [3.05, 3.63) is 34.9 Å². The van der Waals surface area contributed by atoms with Gasteiger partial charge in [0.05, 0.1) is 6.10 Å².